The molecule has 4 heteroatoms. The summed E-state index contributed by atoms with van der Waals surface area (Å²) in [6.07, 6.45) is 1.27. The van der Waals surface area contributed by atoms with E-state index >= 15 is 0 Å². The second kappa shape index (κ2) is 8.57. The Labute approximate surface area is 133 Å². The van der Waals surface area contributed by atoms with Crippen LogP contribution in [0.3, 0.4) is 0 Å². The van der Waals surface area contributed by atoms with Crippen LogP contribution in [0.5, 0.6) is 0 Å². The summed E-state index contributed by atoms with van der Waals surface area (Å²) in [6.45, 7) is 10.1. The quantitative estimate of drug-likeness (QED) is 0.841. The van der Waals surface area contributed by atoms with Crippen molar-refractivity contribution < 1.29 is 9.59 Å². The third-order valence-corrected chi connectivity index (χ3v) is 3.91. The van der Waals surface area contributed by atoms with Crippen LogP contribution in [-0.4, -0.2) is 28.8 Å². The van der Waals surface area contributed by atoms with E-state index in [0.717, 1.165) is 17.5 Å². The van der Waals surface area contributed by atoms with Crippen molar-refractivity contribution in [2.45, 2.75) is 66.1 Å². The standard InChI is InChI=1S/C18H28N2O2/c1-6-14(4)19-18(22)15(5)20(17(21)7-2)12-16-10-8-9-13(3)11-16/h8-11,14-15H,6-7,12H2,1-5H3,(H,19,22). The van der Waals surface area contributed by atoms with Gasteiger partial charge in [0.05, 0.1) is 0 Å². The van der Waals surface area contributed by atoms with Gasteiger partial charge in [-0.15, -0.1) is 0 Å². The van der Waals surface area contributed by atoms with Crippen molar-refractivity contribution in [3.8, 4) is 0 Å². The van der Waals surface area contributed by atoms with E-state index in [2.05, 4.69) is 11.4 Å². The SMILES string of the molecule is CCC(=O)N(Cc1cccc(C)c1)C(C)C(=O)NC(C)CC. The minimum Gasteiger partial charge on any atom is -0.352 e. The summed E-state index contributed by atoms with van der Waals surface area (Å²) >= 11 is 0. The van der Waals surface area contributed by atoms with Crippen molar-refractivity contribution in [3.05, 3.63) is 35.4 Å². The van der Waals surface area contributed by atoms with E-state index in [0.29, 0.717) is 13.0 Å². The van der Waals surface area contributed by atoms with Crippen molar-refractivity contribution in [1.82, 2.24) is 10.2 Å². The van der Waals surface area contributed by atoms with Gasteiger partial charge in [-0.3, -0.25) is 9.59 Å². The summed E-state index contributed by atoms with van der Waals surface area (Å²) in [5.74, 6) is -0.0999. The molecule has 0 heterocycles. The Morgan fingerprint density at radius 1 is 1.23 bits per heavy atom. The number of hydrogen-bond acceptors (Lipinski definition) is 2. The molecule has 2 unspecified atom stereocenters. The molecule has 1 aromatic rings. The average Bonchev–Trinajstić information content (AvgIpc) is 2.51. The molecule has 4 nitrogen and oxygen atoms in total. The lowest BCUT2D eigenvalue weighted by molar-refractivity contribution is -0.140. The molecule has 0 radical (unpaired) electrons. The van der Waals surface area contributed by atoms with Gasteiger partial charge in [0.25, 0.3) is 0 Å². The first-order valence-electron chi connectivity index (χ1n) is 8.04. The molecule has 22 heavy (non-hydrogen) atoms. The molecule has 0 aliphatic rings. The van der Waals surface area contributed by atoms with Gasteiger partial charge in [-0.2, -0.15) is 0 Å². The number of benzene rings is 1. The lowest BCUT2D eigenvalue weighted by Crippen LogP contribution is -2.49. The highest BCUT2D eigenvalue weighted by atomic mass is 16.2. The molecule has 122 valence electrons. The second-order valence-corrected chi connectivity index (χ2v) is 5.86. The van der Waals surface area contributed by atoms with Crippen LogP contribution in [0.2, 0.25) is 0 Å². The molecule has 0 spiro atoms. The third-order valence-electron chi connectivity index (χ3n) is 3.91. The fourth-order valence-corrected chi connectivity index (χ4v) is 2.26. The lowest BCUT2D eigenvalue weighted by atomic mass is 10.1. The summed E-state index contributed by atoms with van der Waals surface area (Å²) in [4.78, 5) is 26.2. The second-order valence-electron chi connectivity index (χ2n) is 5.86. The summed E-state index contributed by atoms with van der Waals surface area (Å²) in [6, 6.07) is 7.68. The Morgan fingerprint density at radius 2 is 1.91 bits per heavy atom. The zero-order chi connectivity index (χ0) is 16.7. The van der Waals surface area contributed by atoms with Crippen molar-refractivity contribution in [2.75, 3.05) is 0 Å². The number of carbonyl (C=O) groups is 2. The number of rotatable bonds is 7. The van der Waals surface area contributed by atoms with Crippen LogP contribution in [0.25, 0.3) is 0 Å². The normalized spacial score (nSPS) is 13.3. The third kappa shape index (κ3) is 5.17. The fourth-order valence-electron chi connectivity index (χ4n) is 2.26. The van der Waals surface area contributed by atoms with E-state index in [1.165, 1.54) is 0 Å². The molecule has 1 N–H and O–H groups in total. The molecule has 1 aromatic carbocycles. The van der Waals surface area contributed by atoms with Gasteiger partial charge in [-0.1, -0.05) is 43.7 Å². The highest BCUT2D eigenvalue weighted by Gasteiger charge is 2.25. The molecule has 0 saturated heterocycles. The highest BCUT2D eigenvalue weighted by Crippen LogP contribution is 2.12. The van der Waals surface area contributed by atoms with Crippen LogP contribution in [0, 0.1) is 6.92 Å². The molecule has 2 amide bonds. The minimum atomic E-state index is -0.470. The van der Waals surface area contributed by atoms with Crippen LogP contribution in [0.1, 0.15) is 51.7 Å². The molecular weight excluding hydrogens is 276 g/mol. The van der Waals surface area contributed by atoms with E-state index in [1.54, 1.807) is 11.8 Å². The molecule has 1 rings (SSSR count). The highest BCUT2D eigenvalue weighted by molar-refractivity contribution is 5.87. The fraction of sp³-hybridized carbons (Fsp3) is 0.556. The predicted molar refractivity (Wildman–Crippen MR) is 89.4 cm³/mol. The number of carbonyl (C=O) groups excluding carboxylic acids is 2. The zero-order valence-electron chi connectivity index (χ0n) is 14.3. The Morgan fingerprint density at radius 3 is 2.45 bits per heavy atom. The molecule has 0 aliphatic heterocycles. The van der Waals surface area contributed by atoms with Crippen LogP contribution < -0.4 is 5.32 Å². The summed E-state index contributed by atoms with van der Waals surface area (Å²) in [7, 11) is 0. The van der Waals surface area contributed by atoms with Crippen molar-refractivity contribution in [1.29, 1.82) is 0 Å². The van der Waals surface area contributed by atoms with Crippen molar-refractivity contribution in [3.63, 3.8) is 0 Å². The lowest BCUT2D eigenvalue weighted by Gasteiger charge is -2.29. The number of aryl methyl sites for hydroxylation is 1. The number of hydrogen-bond donors (Lipinski definition) is 1. The molecule has 0 saturated carbocycles. The van der Waals surface area contributed by atoms with Crippen LogP contribution >= 0.6 is 0 Å². The smallest absolute Gasteiger partial charge is 0.242 e. The Balaban J connectivity index is 2.88. The van der Waals surface area contributed by atoms with Crippen LogP contribution in [-0.2, 0) is 16.1 Å². The van der Waals surface area contributed by atoms with Gasteiger partial charge < -0.3 is 10.2 Å². The van der Waals surface area contributed by atoms with E-state index in [1.807, 2.05) is 45.9 Å². The van der Waals surface area contributed by atoms with E-state index in [4.69, 9.17) is 0 Å². The van der Waals surface area contributed by atoms with Crippen molar-refractivity contribution >= 4 is 11.8 Å². The van der Waals surface area contributed by atoms with Gasteiger partial charge in [0, 0.05) is 19.0 Å². The van der Waals surface area contributed by atoms with E-state index in [-0.39, 0.29) is 17.9 Å². The largest absolute Gasteiger partial charge is 0.352 e. The number of amides is 2. The first kappa shape index (κ1) is 18.2. The van der Waals surface area contributed by atoms with Gasteiger partial charge in [-0.25, -0.2) is 0 Å². The Hall–Kier alpha value is -1.84. The Kier molecular flexibility index (Phi) is 7.09. The zero-order valence-corrected chi connectivity index (χ0v) is 14.3. The number of nitrogens with one attached hydrogen (secondary N) is 1. The number of nitrogens with zero attached hydrogens (tertiary/aromatic N) is 1. The summed E-state index contributed by atoms with van der Waals surface area (Å²) in [5.41, 5.74) is 2.20. The van der Waals surface area contributed by atoms with Gasteiger partial charge in [0.15, 0.2) is 0 Å². The van der Waals surface area contributed by atoms with Gasteiger partial charge >= 0.3 is 0 Å². The summed E-state index contributed by atoms with van der Waals surface area (Å²) < 4.78 is 0. The maximum atomic E-state index is 12.3. The monoisotopic (exact) mass is 304 g/mol. The maximum absolute atomic E-state index is 12.3. The molecule has 0 aliphatic carbocycles. The van der Waals surface area contributed by atoms with Gasteiger partial charge in [-0.05, 0) is 32.8 Å². The molecule has 0 bridgehead atoms. The van der Waals surface area contributed by atoms with E-state index in [9.17, 15) is 9.59 Å². The van der Waals surface area contributed by atoms with Crippen LogP contribution in [0.4, 0.5) is 0 Å². The first-order chi connectivity index (χ1) is 10.4. The molecular formula is C18H28N2O2. The molecule has 2 atom stereocenters. The van der Waals surface area contributed by atoms with Gasteiger partial charge in [0.1, 0.15) is 6.04 Å². The Bertz CT molecular complexity index is 514. The predicted octanol–water partition coefficient (Wildman–Crippen LogP) is 3.04. The maximum Gasteiger partial charge on any atom is 0.242 e. The van der Waals surface area contributed by atoms with Crippen molar-refractivity contribution in [2.24, 2.45) is 0 Å². The first-order valence-corrected chi connectivity index (χ1v) is 8.04. The summed E-state index contributed by atoms with van der Waals surface area (Å²) in [5, 5.41) is 2.95. The minimum absolute atomic E-state index is 0.00620. The topological polar surface area (TPSA) is 49.4 Å². The van der Waals surface area contributed by atoms with Gasteiger partial charge in [0.2, 0.25) is 11.8 Å². The molecule has 0 aromatic heterocycles. The van der Waals surface area contributed by atoms with E-state index < -0.39 is 6.04 Å². The molecule has 0 fully saturated rings. The average molecular weight is 304 g/mol. The van der Waals surface area contributed by atoms with Crippen LogP contribution in [0.15, 0.2) is 24.3 Å².